The summed E-state index contributed by atoms with van der Waals surface area (Å²) in [6.07, 6.45) is 15.2. The van der Waals surface area contributed by atoms with Crippen LogP contribution in [0.3, 0.4) is 0 Å². The van der Waals surface area contributed by atoms with Gasteiger partial charge in [0.2, 0.25) is 0 Å². The number of aromatic hydroxyl groups is 4. The Bertz CT molecular complexity index is 6880. The van der Waals surface area contributed by atoms with Crippen molar-refractivity contribution in [2.75, 3.05) is 0 Å². The Labute approximate surface area is 797 Å². The minimum Gasteiger partial charge on any atom is -0.507 e. The van der Waals surface area contributed by atoms with Gasteiger partial charge in [0.1, 0.15) is 23.0 Å². The van der Waals surface area contributed by atoms with Gasteiger partial charge in [0.25, 0.3) is 0 Å². The van der Waals surface area contributed by atoms with Crippen LogP contribution in [-0.4, -0.2) is 80.4 Å². The van der Waals surface area contributed by atoms with E-state index in [1.54, 1.807) is 0 Å². The summed E-state index contributed by atoms with van der Waals surface area (Å²) in [7, 11) is 0. The minimum absolute atomic E-state index is 0. The van der Waals surface area contributed by atoms with Crippen molar-refractivity contribution < 1.29 is 74.8 Å². The van der Waals surface area contributed by atoms with E-state index in [0.29, 0.717) is 22.3 Å². The van der Waals surface area contributed by atoms with Crippen molar-refractivity contribution >= 4 is 111 Å². The Morgan fingerprint density at radius 3 is 0.553 bits per heavy atom. The van der Waals surface area contributed by atoms with E-state index < -0.39 is 0 Å². The molecule has 2 aliphatic rings. The van der Waals surface area contributed by atoms with Gasteiger partial charge in [-0.15, -0.1) is 0 Å². The van der Waals surface area contributed by atoms with Crippen molar-refractivity contribution in [3.63, 3.8) is 0 Å². The fraction of sp³-hybridized carbons (Fsp3) is 0.100. The molecule has 640 valence electrons. The molecule has 8 N–H and O–H groups in total. The van der Waals surface area contributed by atoms with E-state index in [0.717, 1.165) is 227 Å². The van der Waals surface area contributed by atoms with Gasteiger partial charge in [0.05, 0.1) is 24.2 Å². The van der Waals surface area contributed by atoms with Crippen molar-refractivity contribution in [1.29, 1.82) is 0 Å². The Kier molecular flexibility index (Phi) is 27.2. The molecule has 10 nitrogen and oxygen atoms in total. The summed E-state index contributed by atoms with van der Waals surface area (Å²) in [5.41, 5.74) is 18.5. The number of hydrogen-bond donors (Lipinski definition) is 4. The molecular weight excluding hydrogens is 1690 g/mol. The van der Waals surface area contributed by atoms with E-state index in [2.05, 4.69) is 315 Å². The van der Waals surface area contributed by atoms with Crippen LogP contribution >= 0.6 is 0 Å². The Balaban J connectivity index is 0.000000179. The van der Waals surface area contributed by atoms with Crippen LogP contribution in [0.5, 0.6) is 23.0 Å². The quantitative estimate of drug-likeness (QED) is 0.0553. The maximum Gasteiger partial charge on any atom is 0.132 e. The zero-order valence-corrected chi connectivity index (χ0v) is 75.9. The van der Waals surface area contributed by atoms with Crippen molar-refractivity contribution in [3.8, 4) is 112 Å². The molecule has 20 aromatic carbocycles. The van der Waals surface area contributed by atoms with E-state index in [1.807, 2.05) is 97.7 Å². The average Bonchev–Trinajstić information content (AvgIpc) is 0.754. The Hall–Kier alpha value is -14.3. The number of aliphatic imine (C=N–C) groups is 4. The maximum atomic E-state index is 12.5. The number of benzene rings is 20. The normalized spacial score (nSPS) is 15.1. The van der Waals surface area contributed by atoms with Crippen LogP contribution in [-0.2, 0) is 43.4 Å². The van der Waals surface area contributed by atoms with Gasteiger partial charge < -0.3 is 31.4 Å². The molecule has 0 amide bonds. The molecule has 0 heterocycles. The number of nitrogens with zero attached hydrogens (tertiary/aromatic N) is 4. The van der Waals surface area contributed by atoms with Gasteiger partial charge in [-0.2, -0.15) is 0 Å². The summed E-state index contributed by atoms with van der Waals surface area (Å²) in [4.78, 5) is 21.0. The summed E-state index contributed by atoms with van der Waals surface area (Å²) in [5, 5.41) is 66.7. The summed E-state index contributed by atoms with van der Waals surface area (Å²) in [5.74, 6) is 0.847. The van der Waals surface area contributed by atoms with E-state index >= 15 is 0 Å². The zero-order chi connectivity index (χ0) is 86.0. The number of hydrogen-bond acceptors (Lipinski definition) is 8. The van der Waals surface area contributed by atoms with E-state index in [1.165, 1.54) is 0 Å². The third kappa shape index (κ3) is 17.4. The van der Waals surface area contributed by atoms with Crippen LogP contribution in [0, 0.1) is 0 Å². The van der Waals surface area contributed by atoms with Gasteiger partial charge in [-0.3, -0.25) is 20.0 Å². The van der Waals surface area contributed by atoms with Crippen LogP contribution in [0.4, 0.5) is 0 Å². The molecule has 2 aliphatic carbocycles. The molecule has 0 unspecified atom stereocenters. The summed E-state index contributed by atoms with van der Waals surface area (Å²) >= 11 is 0. The minimum atomic E-state index is -0.0958. The smallest absolute Gasteiger partial charge is 0.132 e. The monoisotopic (exact) mass is 1780 g/mol. The van der Waals surface area contributed by atoms with Crippen molar-refractivity contribution in [2.24, 2.45) is 20.0 Å². The first-order chi connectivity index (χ1) is 63.2. The van der Waals surface area contributed by atoms with Crippen molar-refractivity contribution in [1.82, 2.24) is 0 Å². The summed E-state index contributed by atoms with van der Waals surface area (Å²) in [6.45, 7) is 0. The fourth-order valence-electron chi connectivity index (χ4n) is 20.0. The van der Waals surface area contributed by atoms with Gasteiger partial charge in [0.15, 0.2) is 0 Å². The Morgan fingerprint density at radius 1 is 0.189 bits per heavy atom. The van der Waals surface area contributed by atoms with E-state index in [-0.39, 0.29) is 102 Å². The molecule has 22 rings (SSSR count). The second-order valence-electron chi connectivity index (χ2n) is 33.9. The maximum absolute atomic E-state index is 12.5. The third-order valence-corrected chi connectivity index (χ3v) is 26.3. The van der Waals surface area contributed by atoms with Gasteiger partial charge in [-0.05, 0) is 181 Å². The molecule has 0 spiro atoms. The number of phenols is 4. The van der Waals surface area contributed by atoms with Crippen LogP contribution in [0.15, 0.2) is 408 Å². The largest absolute Gasteiger partial charge is 0.507 e. The summed E-state index contributed by atoms with van der Waals surface area (Å²) in [6, 6.07) is 134. The van der Waals surface area contributed by atoms with Gasteiger partial charge >= 0.3 is 0 Å². The Morgan fingerprint density at radius 2 is 0.356 bits per heavy atom. The molecule has 4 atom stereocenters. The average molecular weight is 1790 g/mol. The number of phenolic OH excluding ortho intramolecular Hbond substituents is 4. The second kappa shape index (κ2) is 40.0. The molecule has 20 aromatic rings. The van der Waals surface area contributed by atoms with Gasteiger partial charge in [-0.25, -0.2) is 0 Å². The van der Waals surface area contributed by atoms with Crippen LogP contribution in [0.2, 0.25) is 0 Å². The first-order valence-electron chi connectivity index (χ1n) is 44.6. The van der Waals surface area contributed by atoms with E-state index in [9.17, 15) is 20.4 Å². The molecule has 0 radical (unpaired) electrons. The number of rotatable bonds is 16. The SMILES string of the molecule is O.O.Oc1c(C=N[C@@H]2CCCC[C@H]2N=Cc2cc3ccccc3c(-c3c(-c4ccccc4)ccc4ccccc34)c2O)cc2ccccc2c1-c1c(-c2ccccc2)ccc2ccccc12.Oc1c(C=N[C@@H]2CCCC[C@H]2N=Cc2cc3ccccc3c(-c3c(-c4ccccc4)ccc4ccccc34)c2O)cc2ccccc2c1-c1c(-c2ccccc2)ccc2ccccc12.[Ti].[Ti]. The molecule has 2 saturated carbocycles. The zero-order valence-electron chi connectivity index (χ0n) is 72.8. The predicted molar refractivity (Wildman–Crippen MR) is 546 cm³/mol. The topological polar surface area (TPSA) is 193 Å². The van der Waals surface area contributed by atoms with Crippen LogP contribution < -0.4 is 0 Å². The standard InChI is InChI=1S/2C60H46N2O2.2H2O.2Ti/c2*63-59-45(35-43-23-9-13-27-49(43)57(59)55-47-25-11-7-21-41(47)31-33-51(55)39-17-3-1-4-18-39)37-61-53-29-15-16-30-54(53)62-38-46-36-44-24-10-14-28-50(44)58(60(46)64)56-48-26-12-8-22-42(48)32-34-52(56)40-19-5-2-6-20-40;;;;/h2*1-14,17-28,31-38,53-54,63-64H,15-16,29-30H2;2*1H2;;/t2*53-,54-;;;;/m11..../s1. The van der Waals surface area contributed by atoms with Gasteiger partial charge in [0, 0.05) is 135 Å². The molecular formula is C120H96N4O6Ti2. The molecule has 132 heavy (non-hydrogen) atoms. The van der Waals surface area contributed by atoms with Gasteiger partial charge in [-0.1, -0.05) is 390 Å². The molecule has 2 fully saturated rings. The molecule has 0 saturated heterocycles. The first-order valence-corrected chi connectivity index (χ1v) is 44.6. The molecule has 0 bridgehead atoms. The molecule has 0 aliphatic heterocycles. The fourth-order valence-corrected chi connectivity index (χ4v) is 20.0. The van der Waals surface area contributed by atoms with Crippen LogP contribution in [0.25, 0.3) is 175 Å². The first kappa shape index (κ1) is 89.7. The number of fused-ring (bicyclic) bond motifs is 8. The van der Waals surface area contributed by atoms with Crippen LogP contribution in [0.1, 0.15) is 73.6 Å². The second-order valence-corrected chi connectivity index (χ2v) is 33.9. The summed E-state index contributed by atoms with van der Waals surface area (Å²) < 4.78 is 0. The van der Waals surface area contributed by atoms with Crippen molar-refractivity contribution in [2.45, 2.75) is 75.5 Å². The molecule has 12 heteroatoms. The predicted octanol–water partition coefficient (Wildman–Crippen LogP) is 28.8. The van der Waals surface area contributed by atoms with Crippen molar-refractivity contribution in [3.05, 3.63) is 411 Å². The molecule has 0 aromatic heterocycles. The third-order valence-electron chi connectivity index (χ3n) is 26.3. The van der Waals surface area contributed by atoms with E-state index in [4.69, 9.17) is 20.0 Å².